The number of H-pyrrole nitrogens is 2. The second-order valence-corrected chi connectivity index (χ2v) is 8.29. The van der Waals surface area contributed by atoms with E-state index in [0.717, 1.165) is 0 Å². The Labute approximate surface area is 215 Å². The number of carboxylic acids is 2. The molecule has 0 aliphatic heterocycles. The molecule has 4 unspecified atom stereocenters. The van der Waals surface area contributed by atoms with Crippen LogP contribution in [-0.2, 0) is 41.6 Å². The van der Waals surface area contributed by atoms with Crippen molar-refractivity contribution in [2.24, 2.45) is 11.5 Å². The second-order valence-electron chi connectivity index (χ2n) is 8.29. The molecule has 0 fully saturated rings. The van der Waals surface area contributed by atoms with Crippen molar-refractivity contribution in [2.75, 3.05) is 0 Å². The molecule has 11 N–H and O–H groups in total. The number of aromatic amines is 2. The second kappa shape index (κ2) is 14.1. The average molecular weight is 536 g/mol. The van der Waals surface area contributed by atoms with Crippen LogP contribution < -0.4 is 27.4 Å². The minimum absolute atomic E-state index is 0.140. The highest BCUT2D eigenvalue weighted by Gasteiger charge is 2.31. The number of aromatic nitrogens is 4. The number of nitrogens with zero attached hydrogens (tertiary/aromatic N) is 2. The summed E-state index contributed by atoms with van der Waals surface area (Å²) >= 11 is 0. The Morgan fingerprint density at radius 2 is 1.32 bits per heavy atom. The van der Waals surface area contributed by atoms with E-state index in [9.17, 15) is 33.9 Å². The topological polar surface area (TPSA) is 288 Å². The van der Waals surface area contributed by atoms with E-state index < -0.39 is 66.2 Å². The lowest BCUT2D eigenvalue weighted by molar-refractivity contribution is -0.142. The molecule has 0 aliphatic rings. The van der Waals surface area contributed by atoms with Crippen molar-refractivity contribution in [1.82, 2.24) is 35.9 Å². The molecule has 0 radical (unpaired) electrons. The lowest BCUT2D eigenvalue weighted by atomic mass is 10.1. The van der Waals surface area contributed by atoms with Gasteiger partial charge in [0.2, 0.25) is 23.6 Å². The third-order valence-electron chi connectivity index (χ3n) is 5.25. The van der Waals surface area contributed by atoms with Gasteiger partial charge in [-0.15, -0.1) is 0 Å². The van der Waals surface area contributed by atoms with Crippen LogP contribution in [0.5, 0.6) is 0 Å². The van der Waals surface area contributed by atoms with Crippen LogP contribution in [0.15, 0.2) is 25.0 Å². The Balaban J connectivity index is 2.20. The van der Waals surface area contributed by atoms with Gasteiger partial charge in [-0.3, -0.25) is 24.0 Å². The summed E-state index contributed by atoms with van der Waals surface area (Å²) in [6.45, 7) is 0. The third kappa shape index (κ3) is 9.69. The molecule has 2 rings (SSSR count). The van der Waals surface area contributed by atoms with Gasteiger partial charge >= 0.3 is 11.9 Å². The number of carboxylic acid groups (broad SMARTS) is 2. The molecular formula is C21H29N9O8. The number of nitrogens with one attached hydrogen (secondary N) is 5. The fourth-order valence-corrected chi connectivity index (χ4v) is 3.30. The van der Waals surface area contributed by atoms with Crippen LogP contribution in [0, 0.1) is 0 Å². The van der Waals surface area contributed by atoms with E-state index in [0.29, 0.717) is 11.4 Å². The minimum Gasteiger partial charge on any atom is -0.481 e. The maximum atomic E-state index is 13.1. The van der Waals surface area contributed by atoms with Crippen molar-refractivity contribution in [1.29, 1.82) is 0 Å². The van der Waals surface area contributed by atoms with Crippen molar-refractivity contribution in [3.8, 4) is 0 Å². The van der Waals surface area contributed by atoms with Gasteiger partial charge < -0.3 is 47.6 Å². The van der Waals surface area contributed by atoms with Crippen molar-refractivity contribution in [3.05, 3.63) is 36.4 Å². The number of nitrogens with two attached hydrogens (primary N) is 2. The molecular weight excluding hydrogens is 506 g/mol. The highest BCUT2D eigenvalue weighted by molar-refractivity contribution is 5.95. The van der Waals surface area contributed by atoms with Gasteiger partial charge in [-0.05, 0) is 6.42 Å². The van der Waals surface area contributed by atoms with E-state index in [1.165, 1.54) is 25.0 Å². The van der Waals surface area contributed by atoms with Crippen molar-refractivity contribution < 1.29 is 39.0 Å². The van der Waals surface area contributed by atoms with Crippen LogP contribution in [0.2, 0.25) is 0 Å². The maximum absolute atomic E-state index is 13.1. The molecule has 0 spiro atoms. The van der Waals surface area contributed by atoms with Crippen molar-refractivity contribution in [2.45, 2.75) is 56.3 Å². The Hall–Kier alpha value is -4.80. The molecule has 2 heterocycles. The zero-order chi connectivity index (χ0) is 28.2. The first kappa shape index (κ1) is 29.4. The summed E-state index contributed by atoms with van der Waals surface area (Å²) < 4.78 is 0. The first-order valence-electron chi connectivity index (χ1n) is 11.3. The van der Waals surface area contributed by atoms with Gasteiger partial charge in [0, 0.05) is 43.0 Å². The number of primary amides is 1. The number of amides is 4. The van der Waals surface area contributed by atoms with Crippen LogP contribution in [0.25, 0.3) is 0 Å². The molecule has 2 aromatic heterocycles. The first-order valence-corrected chi connectivity index (χ1v) is 11.3. The SMILES string of the molecule is NC(=O)CCC(NC(=O)C(Cc1cnc[nH]1)NC(=O)C(N)CC(=O)O)C(=O)NC(Cc1cnc[nH]1)C(=O)O. The van der Waals surface area contributed by atoms with E-state index in [1.54, 1.807) is 0 Å². The number of carbonyl (C=O) groups excluding carboxylic acids is 4. The van der Waals surface area contributed by atoms with E-state index in [-0.39, 0.29) is 25.7 Å². The number of hydrogen-bond donors (Lipinski definition) is 9. The first-order chi connectivity index (χ1) is 18.0. The average Bonchev–Trinajstić information content (AvgIpc) is 3.54. The Morgan fingerprint density at radius 3 is 1.79 bits per heavy atom. The number of imidazole rings is 2. The zero-order valence-electron chi connectivity index (χ0n) is 20.0. The quantitative estimate of drug-likeness (QED) is 0.102. The normalized spacial score (nSPS) is 13.9. The summed E-state index contributed by atoms with van der Waals surface area (Å²) in [6.07, 6.45) is 3.86. The number of rotatable bonds is 16. The minimum atomic E-state index is -1.46. The molecule has 2 aromatic rings. The number of carbonyl (C=O) groups is 6. The fourth-order valence-electron chi connectivity index (χ4n) is 3.30. The molecule has 38 heavy (non-hydrogen) atoms. The Morgan fingerprint density at radius 1 is 0.816 bits per heavy atom. The van der Waals surface area contributed by atoms with Gasteiger partial charge in [0.25, 0.3) is 0 Å². The third-order valence-corrected chi connectivity index (χ3v) is 5.25. The summed E-state index contributed by atoms with van der Waals surface area (Å²) in [6, 6.07) is -5.61. The molecule has 4 atom stereocenters. The summed E-state index contributed by atoms with van der Waals surface area (Å²) in [4.78, 5) is 85.5. The van der Waals surface area contributed by atoms with Crippen molar-refractivity contribution >= 4 is 35.6 Å². The molecule has 17 nitrogen and oxygen atoms in total. The largest absolute Gasteiger partial charge is 0.481 e. The van der Waals surface area contributed by atoms with E-state index >= 15 is 0 Å². The standard InChI is InChI=1S/C21H29N9O8/c22-12(5-17(32)33)18(34)29-14(3-10-6-24-8-26-10)20(36)28-13(1-2-16(23)31)19(35)30-15(21(37)38)4-11-7-25-9-27-11/h6-9,12-15H,1-5,22H2,(H2,23,31)(H,24,26)(H,25,27)(H,28,36)(H,29,34)(H,30,35)(H,32,33)(H,37,38). The summed E-state index contributed by atoms with van der Waals surface area (Å²) in [5.41, 5.74) is 11.6. The summed E-state index contributed by atoms with van der Waals surface area (Å²) in [7, 11) is 0. The van der Waals surface area contributed by atoms with Gasteiger partial charge in [0.05, 0.1) is 25.1 Å². The Bertz CT molecular complexity index is 1120. The van der Waals surface area contributed by atoms with Crippen LogP contribution >= 0.6 is 0 Å². The van der Waals surface area contributed by atoms with E-state index in [2.05, 4.69) is 35.9 Å². The molecule has 0 aromatic carbocycles. The number of hydrogen-bond acceptors (Lipinski definition) is 9. The lowest BCUT2D eigenvalue weighted by Crippen LogP contribution is -2.58. The van der Waals surface area contributed by atoms with Crippen LogP contribution in [0.1, 0.15) is 30.7 Å². The van der Waals surface area contributed by atoms with E-state index in [1.807, 2.05) is 0 Å². The summed E-state index contributed by atoms with van der Waals surface area (Å²) in [5.74, 6) is -6.19. The molecule has 0 aliphatic carbocycles. The van der Waals surface area contributed by atoms with Gasteiger partial charge in [-0.2, -0.15) is 0 Å². The predicted molar refractivity (Wildman–Crippen MR) is 127 cm³/mol. The van der Waals surface area contributed by atoms with Gasteiger partial charge in [-0.25, -0.2) is 14.8 Å². The zero-order valence-corrected chi connectivity index (χ0v) is 20.0. The maximum Gasteiger partial charge on any atom is 0.326 e. The van der Waals surface area contributed by atoms with Gasteiger partial charge in [-0.1, -0.05) is 0 Å². The lowest BCUT2D eigenvalue weighted by Gasteiger charge is -2.24. The molecule has 0 bridgehead atoms. The van der Waals surface area contributed by atoms with Crippen LogP contribution in [-0.4, -0.2) is 89.9 Å². The highest BCUT2D eigenvalue weighted by atomic mass is 16.4. The molecule has 17 heteroatoms. The van der Waals surface area contributed by atoms with Gasteiger partial charge in [0.15, 0.2) is 0 Å². The molecule has 0 saturated heterocycles. The predicted octanol–water partition coefficient (Wildman–Crippen LogP) is -3.48. The van der Waals surface area contributed by atoms with E-state index in [4.69, 9.17) is 16.6 Å². The molecule has 4 amide bonds. The Kier molecular flexibility index (Phi) is 10.9. The van der Waals surface area contributed by atoms with Crippen LogP contribution in [0.3, 0.4) is 0 Å². The smallest absolute Gasteiger partial charge is 0.326 e. The van der Waals surface area contributed by atoms with Gasteiger partial charge in [0.1, 0.15) is 18.1 Å². The summed E-state index contributed by atoms with van der Waals surface area (Å²) in [5, 5.41) is 25.4. The van der Waals surface area contributed by atoms with Crippen LogP contribution in [0.4, 0.5) is 0 Å². The fraction of sp³-hybridized carbons (Fsp3) is 0.429. The monoisotopic (exact) mass is 535 g/mol. The number of aliphatic carboxylic acids is 2. The highest BCUT2D eigenvalue weighted by Crippen LogP contribution is 2.06. The molecule has 0 saturated carbocycles. The van der Waals surface area contributed by atoms with Crippen molar-refractivity contribution in [3.63, 3.8) is 0 Å². The molecule has 206 valence electrons.